The number of nitrogens with one attached hydrogen (secondary N) is 2. The number of para-hydroxylation sites is 1. The Hall–Kier alpha value is -3.90. The number of benzene rings is 2. The van der Waals surface area contributed by atoms with Gasteiger partial charge in [0.15, 0.2) is 6.10 Å². The lowest BCUT2D eigenvalue weighted by molar-refractivity contribution is -0.144. The molecular weight excluding hydrogens is 494 g/mol. The van der Waals surface area contributed by atoms with Crippen molar-refractivity contribution in [1.82, 2.24) is 5.43 Å². The molecule has 0 saturated heterocycles. The first-order valence-electron chi connectivity index (χ1n) is 10.2. The Morgan fingerprint density at radius 1 is 1.17 bits per heavy atom. The lowest BCUT2D eigenvalue weighted by Crippen LogP contribution is -2.23. The summed E-state index contributed by atoms with van der Waals surface area (Å²) >= 11 is 1.06. The maximum absolute atomic E-state index is 12.8. The Morgan fingerprint density at radius 3 is 2.60 bits per heavy atom. The zero-order valence-electron chi connectivity index (χ0n) is 19.0. The number of carboxylic acids is 1. The summed E-state index contributed by atoms with van der Waals surface area (Å²) in [5.74, 6) is -1.16. The number of amides is 1. The van der Waals surface area contributed by atoms with Gasteiger partial charge in [-0.3, -0.25) is 9.52 Å². The molecule has 0 spiro atoms. The fraction of sp³-hybridized carbons (Fsp3) is 0.174. The van der Waals surface area contributed by atoms with E-state index in [0.717, 1.165) is 11.3 Å². The number of hydrogen-bond donors (Lipinski definition) is 3. The minimum Gasteiger partial charge on any atom is -0.497 e. The number of carbonyl (C=O) groups is 2. The predicted molar refractivity (Wildman–Crippen MR) is 132 cm³/mol. The van der Waals surface area contributed by atoms with Gasteiger partial charge in [0.05, 0.1) is 24.6 Å². The number of methoxy groups -OCH3 is 1. The number of carbonyl (C=O) groups excluding carboxylic acids is 1. The fourth-order valence-corrected chi connectivity index (χ4v) is 5.05. The molecule has 35 heavy (non-hydrogen) atoms. The Kier molecular flexibility index (Phi) is 8.10. The summed E-state index contributed by atoms with van der Waals surface area (Å²) in [6.45, 7) is 3.05. The summed E-state index contributed by atoms with van der Waals surface area (Å²) in [7, 11) is -2.41. The molecule has 1 amide bonds. The average molecular weight is 518 g/mol. The zero-order valence-corrected chi connectivity index (χ0v) is 20.6. The molecule has 0 aliphatic rings. The van der Waals surface area contributed by atoms with Gasteiger partial charge in [0.2, 0.25) is 0 Å². The van der Waals surface area contributed by atoms with E-state index < -0.39 is 28.0 Å². The molecule has 0 fully saturated rings. The van der Waals surface area contributed by atoms with Crippen molar-refractivity contribution in [3.8, 4) is 11.5 Å². The van der Waals surface area contributed by atoms with E-state index in [1.165, 1.54) is 38.4 Å². The molecular formula is C23H23N3O7S2. The van der Waals surface area contributed by atoms with Crippen molar-refractivity contribution in [3.05, 3.63) is 70.6 Å². The van der Waals surface area contributed by atoms with Crippen molar-refractivity contribution in [2.45, 2.75) is 24.2 Å². The summed E-state index contributed by atoms with van der Waals surface area (Å²) in [6.07, 6.45) is 0.155. The van der Waals surface area contributed by atoms with Gasteiger partial charge in [0.25, 0.3) is 15.9 Å². The summed E-state index contributed by atoms with van der Waals surface area (Å²) in [5.41, 5.74) is 3.52. The highest BCUT2D eigenvalue weighted by Gasteiger charge is 2.21. The van der Waals surface area contributed by atoms with Crippen LogP contribution in [0.1, 0.15) is 28.4 Å². The third-order valence-corrected chi connectivity index (χ3v) is 7.50. The number of aliphatic carboxylic acids is 1. The first-order valence-corrected chi connectivity index (χ1v) is 12.6. The van der Waals surface area contributed by atoms with Gasteiger partial charge in [0.1, 0.15) is 15.7 Å². The van der Waals surface area contributed by atoms with E-state index in [2.05, 4.69) is 15.2 Å². The standard InChI is InChI=1S/C23H23N3O7S2/c1-14-6-4-7-18(21(14)26-35(30,31)20-8-5-11-34-20)22(27)25-24-13-16-9-10-17(32-3)12-19(16)33-15(2)23(28)29/h4-13,15,26H,1-3H3,(H,25,27)(H,28,29)/b24-13-. The quantitative estimate of drug-likeness (QED) is 0.276. The van der Waals surface area contributed by atoms with Crippen molar-refractivity contribution < 1.29 is 32.6 Å². The maximum atomic E-state index is 12.8. The Labute approximate surface area is 206 Å². The third kappa shape index (κ3) is 6.37. The normalized spacial score (nSPS) is 12.2. The number of carboxylic acid groups (broad SMARTS) is 1. The van der Waals surface area contributed by atoms with Gasteiger partial charge in [0, 0.05) is 11.6 Å². The van der Waals surface area contributed by atoms with E-state index in [0.29, 0.717) is 16.9 Å². The fourth-order valence-electron chi connectivity index (χ4n) is 2.91. The van der Waals surface area contributed by atoms with Gasteiger partial charge in [-0.2, -0.15) is 5.10 Å². The highest BCUT2D eigenvalue weighted by molar-refractivity contribution is 7.94. The van der Waals surface area contributed by atoms with Crippen LogP contribution < -0.4 is 19.6 Å². The van der Waals surface area contributed by atoms with Crippen molar-refractivity contribution in [2.75, 3.05) is 11.8 Å². The third-order valence-electron chi connectivity index (χ3n) is 4.76. The van der Waals surface area contributed by atoms with Crippen molar-refractivity contribution in [1.29, 1.82) is 0 Å². The Balaban J connectivity index is 1.82. The van der Waals surface area contributed by atoms with Gasteiger partial charge in [-0.05, 0) is 49.1 Å². The van der Waals surface area contributed by atoms with Gasteiger partial charge in [-0.25, -0.2) is 18.6 Å². The van der Waals surface area contributed by atoms with E-state index in [1.807, 2.05) is 0 Å². The average Bonchev–Trinajstić information content (AvgIpc) is 3.37. The molecule has 2 aromatic carbocycles. The summed E-state index contributed by atoms with van der Waals surface area (Å²) < 4.78 is 38.6. The van der Waals surface area contributed by atoms with E-state index in [1.54, 1.807) is 42.6 Å². The number of hydrogen-bond acceptors (Lipinski definition) is 8. The molecule has 1 atom stereocenters. The molecule has 0 bridgehead atoms. The van der Waals surface area contributed by atoms with Crippen molar-refractivity contribution in [3.63, 3.8) is 0 Å². The minimum atomic E-state index is -3.87. The molecule has 3 N–H and O–H groups in total. The summed E-state index contributed by atoms with van der Waals surface area (Å²) in [4.78, 5) is 24.0. The highest BCUT2D eigenvalue weighted by atomic mass is 32.2. The lowest BCUT2D eigenvalue weighted by atomic mass is 10.1. The number of ether oxygens (including phenoxy) is 2. The topological polar surface area (TPSA) is 143 Å². The molecule has 0 aliphatic heterocycles. The number of nitrogens with zero attached hydrogens (tertiary/aromatic N) is 1. The number of aryl methyl sites for hydroxylation is 1. The van der Waals surface area contributed by atoms with Crippen LogP contribution >= 0.6 is 11.3 Å². The second kappa shape index (κ2) is 11.0. The first-order chi connectivity index (χ1) is 16.6. The zero-order chi connectivity index (χ0) is 25.6. The number of thiophene rings is 1. The number of rotatable bonds is 10. The number of anilines is 1. The summed E-state index contributed by atoms with van der Waals surface area (Å²) in [5, 5.41) is 14.7. The molecule has 0 radical (unpaired) electrons. The van der Waals surface area contributed by atoms with Crippen LogP contribution in [0.2, 0.25) is 0 Å². The van der Waals surface area contributed by atoms with E-state index in [4.69, 9.17) is 14.6 Å². The monoisotopic (exact) mass is 517 g/mol. The summed E-state index contributed by atoms with van der Waals surface area (Å²) in [6, 6.07) is 12.6. The minimum absolute atomic E-state index is 0.0768. The lowest BCUT2D eigenvalue weighted by Gasteiger charge is -2.14. The van der Waals surface area contributed by atoms with E-state index >= 15 is 0 Å². The SMILES string of the molecule is COc1ccc(/C=N\NC(=O)c2cccc(C)c2NS(=O)(=O)c2cccs2)c(OC(C)C(=O)O)c1. The molecule has 3 rings (SSSR count). The molecule has 1 aromatic heterocycles. The molecule has 3 aromatic rings. The van der Waals surface area contributed by atoms with Gasteiger partial charge >= 0.3 is 5.97 Å². The van der Waals surface area contributed by atoms with Crippen LogP contribution in [0.4, 0.5) is 5.69 Å². The van der Waals surface area contributed by atoms with Crippen molar-refractivity contribution >= 4 is 45.1 Å². The van der Waals surface area contributed by atoms with Gasteiger partial charge < -0.3 is 14.6 Å². The van der Waals surface area contributed by atoms with Crippen LogP contribution in [0.3, 0.4) is 0 Å². The molecule has 12 heteroatoms. The largest absolute Gasteiger partial charge is 0.497 e. The van der Waals surface area contributed by atoms with Gasteiger partial charge in [-0.15, -0.1) is 11.3 Å². The highest BCUT2D eigenvalue weighted by Crippen LogP contribution is 2.27. The second-order valence-corrected chi connectivity index (χ2v) is 10.1. The van der Waals surface area contributed by atoms with Crippen LogP contribution in [-0.2, 0) is 14.8 Å². The van der Waals surface area contributed by atoms with E-state index in [9.17, 15) is 18.0 Å². The maximum Gasteiger partial charge on any atom is 0.344 e. The Bertz CT molecular complexity index is 1350. The van der Waals surface area contributed by atoms with E-state index in [-0.39, 0.29) is 21.2 Å². The molecule has 0 saturated carbocycles. The van der Waals surface area contributed by atoms with Crippen LogP contribution in [0.15, 0.2) is 63.2 Å². The van der Waals surface area contributed by atoms with Crippen LogP contribution in [0, 0.1) is 6.92 Å². The predicted octanol–water partition coefficient (Wildman–Crippen LogP) is 3.48. The Morgan fingerprint density at radius 2 is 1.94 bits per heavy atom. The smallest absolute Gasteiger partial charge is 0.344 e. The van der Waals surface area contributed by atoms with Gasteiger partial charge in [-0.1, -0.05) is 18.2 Å². The second-order valence-electron chi connectivity index (χ2n) is 7.24. The molecule has 184 valence electrons. The molecule has 10 nitrogen and oxygen atoms in total. The van der Waals surface area contributed by atoms with Crippen molar-refractivity contribution in [2.24, 2.45) is 5.10 Å². The number of hydrazone groups is 1. The van der Waals surface area contributed by atoms with Crippen LogP contribution in [0.5, 0.6) is 11.5 Å². The molecule has 1 heterocycles. The van der Waals surface area contributed by atoms with Crippen LogP contribution in [-0.4, -0.2) is 44.8 Å². The number of sulfonamides is 1. The first kappa shape index (κ1) is 25.7. The molecule has 0 aliphatic carbocycles. The van der Waals surface area contributed by atoms with Crippen LogP contribution in [0.25, 0.3) is 0 Å². The molecule has 1 unspecified atom stereocenters.